The third kappa shape index (κ3) is 4.58. The van der Waals surface area contributed by atoms with E-state index in [0.29, 0.717) is 24.0 Å². The van der Waals surface area contributed by atoms with E-state index in [1.54, 1.807) is 24.3 Å². The molecule has 0 N–H and O–H groups in total. The third-order valence-electron chi connectivity index (χ3n) is 5.90. The van der Waals surface area contributed by atoms with E-state index in [0.717, 1.165) is 31.2 Å². The van der Waals surface area contributed by atoms with Gasteiger partial charge in [0.05, 0.1) is 17.2 Å². The lowest BCUT2D eigenvalue weighted by molar-refractivity contribution is -0.135. The van der Waals surface area contributed by atoms with Crippen LogP contribution in [0.3, 0.4) is 0 Å². The van der Waals surface area contributed by atoms with E-state index in [-0.39, 0.29) is 29.7 Å². The van der Waals surface area contributed by atoms with Gasteiger partial charge in [0.1, 0.15) is 5.82 Å². The van der Waals surface area contributed by atoms with Crippen molar-refractivity contribution in [3.63, 3.8) is 0 Å². The van der Waals surface area contributed by atoms with E-state index in [9.17, 15) is 14.0 Å². The molecule has 1 heterocycles. The number of amides is 1. The SMILES string of the molecule is O=C(CCn1cnc2ccccc2c1=O)N(Cc1ccc(F)cc1)C1CCCCC1. The van der Waals surface area contributed by atoms with Gasteiger partial charge in [-0.2, -0.15) is 0 Å². The summed E-state index contributed by atoms with van der Waals surface area (Å²) in [6.45, 7) is 0.761. The average Bonchev–Trinajstić information content (AvgIpc) is 2.79. The van der Waals surface area contributed by atoms with Gasteiger partial charge in [-0.15, -0.1) is 0 Å². The van der Waals surface area contributed by atoms with Crippen molar-refractivity contribution in [3.8, 4) is 0 Å². The molecular weight excluding hydrogens is 381 g/mol. The summed E-state index contributed by atoms with van der Waals surface area (Å²) < 4.78 is 14.8. The van der Waals surface area contributed by atoms with E-state index in [2.05, 4.69) is 4.98 Å². The summed E-state index contributed by atoms with van der Waals surface area (Å²) in [6.07, 6.45) is 7.17. The van der Waals surface area contributed by atoms with Crippen LogP contribution in [0.25, 0.3) is 10.9 Å². The molecule has 1 aliphatic rings. The molecule has 0 atom stereocenters. The normalized spacial score (nSPS) is 14.7. The van der Waals surface area contributed by atoms with Crippen molar-refractivity contribution in [2.24, 2.45) is 0 Å². The molecule has 0 radical (unpaired) electrons. The van der Waals surface area contributed by atoms with Crippen molar-refractivity contribution in [1.29, 1.82) is 0 Å². The molecule has 0 bridgehead atoms. The molecule has 1 aliphatic carbocycles. The lowest BCUT2D eigenvalue weighted by Crippen LogP contribution is -2.41. The highest BCUT2D eigenvalue weighted by Crippen LogP contribution is 2.25. The van der Waals surface area contributed by atoms with Gasteiger partial charge in [0.15, 0.2) is 0 Å². The van der Waals surface area contributed by atoms with Crippen LogP contribution >= 0.6 is 0 Å². The second-order valence-corrected chi connectivity index (χ2v) is 7.95. The molecule has 0 saturated heterocycles. The van der Waals surface area contributed by atoms with Crippen LogP contribution in [0.5, 0.6) is 0 Å². The summed E-state index contributed by atoms with van der Waals surface area (Å²) in [7, 11) is 0. The van der Waals surface area contributed by atoms with Crippen LogP contribution in [0.2, 0.25) is 0 Å². The Morgan fingerprint density at radius 3 is 2.57 bits per heavy atom. The minimum atomic E-state index is -0.280. The fraction of sp³-hybridized carbons (Fsp3) is 0.375. The first-order valence-corrected chi connectivity index (χ1v) is 10.6. The summed E-state index contributed by atoms with van der Waals surface area (Å²) >= 11 is 0. The molecule has 1 aromatic heterocycles. The number of halogens is 1. The Morgan fingerprint density at radius 1 is 1.07 bits per heavy atom. The molecule has 2 aromatic carbocycles. The standard InChI is InChI=1S/C24H26FN3O2/c25-19-12-10-18(11-13-19)16-28(20-6-2-1-3-7-20)23(29)14-15-27-17-26-22-9-5-4-8-21(22)24(27)30/h4-5,8-13,17,20H,1-3,6-7,14-16H2. The molecule has 1 fully saturated rings. The van der Waals surface area contributed by atoms with Gasteiger partial charge in [-0.1, -0.05) is 43.5 Å². The number of hydrogen-bond acceptors (Lipinski definition) is 3. The molecule has 4 rings (SSSR count). The zero-order valence-electron chi connectivity index (χ0n) is 17.0. The first-order chi connectivity index (χ1) is 14.6. The van der Waals surface area contributed by atoms with E-state index >= 15 is 0 Å². The number of aromatic nitrogens is 2. The number of rotatable bonds is 6. The Labute approximate surface area is 175 Å². The zero-order valence-corrected chi connectivity index (χ0v) is 17.0. The maximum atomic E-state index is 13.3. The van der Waals surface area contributed by atoms with Crippen molar-refractivity contribution in [3.05, 3.63) is 76.6 Å². The number of nitrogens with zero attached hydrogens (tertiary/aromatic N) is 3. The van der Waals surface area contributed by atoms with E-state index in [1.807, 2.05) is 17.0 Å². The minimum Gasteiger partial charge on any atom is -0.335 e. The Bertz CT molecular complexity index is 1070. The van der Waals surface area contributed by atoms with Gasteiger partial charge in [0, 0.05) is 25.6 Å². The molecular formula is C24H26FN3O2. The molecule has 156 valence electrons. The summed E-state index contributed by atoms with van der Waals surface area (Å²) in [5.74, 6) is -0.260. The summed E-state index contributed by atoms with van der Waals surface area (Å²) in [6, 6.07) is 13.7. The Balaban J connectivity index is 1.50. The fourth-order valence-electron chi connectivity index (χ4n) is 4.23. The monoisotopic (exact) mass is 407 g/mol. The Hall–Kier alpha value is -3.02. The van der Waals surface area contributed by atoms with Crippen LogP contribution in [0.4, 0.5) is 4.39 Å². The molecule has 30 heavy (non-hydrogen) atoms. The topological polar surface area (TPSA) is 55.2 Å². The highest BCUT2D eigenvalue weighted by molar-refractivity contribution is 5.78. The number of fused-ring (bicyclic) bond motifs is 1. The predicted octanol–water partition coefficient (Wildman–Crippen LogP) is 4.29. The number of carbonyl (C=O) groups is 1. The van der Waals surface area contributed by atoms with Crippen LogP contribution in [-0.2, 0) is 17.9 Å². The molecule has 3 aromatic rings. The quantitative estimate of drug-likeness (QED) is 0.613. The highest BCUT2D eigenvalue weighted by Gasteiger charge is 2.25. The van der Waals surface area contributed by atoms with Gasteiger partial charge in [-0.25, -0.2) is 9.37 Å². The fourth-order valence-corrected chi connectivity index (χ4v) is 4.23. The van der Waals surface area contributed by atoms with Gasteiger partial charge in [-0.05, 0) is 42.7 Å². The van der Waals surface area contributed by atoms with Crippen molar-refractivity contribution in [1.82, 2.24) is 14.5 Å². The lowest BCUT2D eigenvalue weighted by atomic mass is 9.93. The second kappa shape index (κ2) is 9.20. The Kier molecular flexibility index (Phi) is 6.21. The first kappa shape index (κ1) is 20.3. The largest absolute Gasteiger partial charge is 0.335 e. The summed E-state index contributed by atoms with van der Waals surface area (Å²) in [4.78, 5) is 32.1. The number of carbonyl (C=O) groups excluding carboxylic acids is 1. The molecule has 1 saturated carbocycles. The number of aryl methyl sites for hydroxylation is 1. The molecule has 1 amide bonds. The minimum absolute atomic E-state index is 0.0197. The van der Waals surface area contributed by atoms with E-state index < -0.39 is 0 Å². The summed E-state index contributed by atoms with van der Waals surface area (Å²) in [5.41, 5.74) is 1.45. The van der Waals surface area contributed by atoms with Crippen LogP contribution in [0.15, 0.2) is 59.7 Å². The summed E-state index contributed by atoms with van der Waals surface area (Å²) in [5, 5.41) is 0.558. The average molecular weight is 407 g/mol. The first-order valence-electron chi connectivity index (χ1n) is 10.6. The second-order valence-electron chi connectivity index (χ2n) is 7.95. The highest BCUT2D eigenvalue weighted by atomic mass is 19.1. The zero-order chi connectivity index (χ0) is 20.9. The predicted molar refractivity (Wildman–Crippen MR) is 114 cm³/mol. The lowest BCUT2D eigenvalue weighted by Gasteiger charge is -2.34. The molecule has 0 spiro atoms. The van der Waals surface area contributed by atoms with Crippen molar-refractivity contribution < 1.29 is 9.18 Å². The van der Waals surface area contributed by atoms with Crippen LogP contribution in [0.1, 0.15) is 44.1 Å². The molecule has 5 nitrogen and oxygen atoms in total. The van der Waals surface area contributed by atoms with Gasteiger partial charge in [0.25, 0.3) is 5.56 Å². The van der Waals surface area contributed by atoms with Crippen molar-refractivity contribution >= 4 is 16.8 Å². The van der Waals surface area contributed by atoms with Gasteiger partial charge < -0.3 is 4.90 Å². The van der Waals surface area contributed by atoms with E-state index in [1.165, 1.54) is 29.4 Å². The van der Waals surface area contributed by atoms with Crippen molar-refractivity contribution in [2.75, 3.05) is 0 Å². The molecule has 0 aliphatic heterocycles. The van der Waals surface area contributed by atoms with Crippen LogP contribution in [-0.4, -0.2) is 26.4 Å². The smallest absolute Gasteiger partial charge is 0.261 e. The third-order valence-corrected chi connectivity index (χ3v) is 5.90. The molecule has 0 unspecified atom stereocenters. The van der Waals surface area contributed by atoms with Crippen molar-refractivity contribution in [2.45, 2.75) is 57.7 Å². The van der Waals surface area contributed by atoms with Gasteiger partial charge >= 0.3 is 0 Å². The van der Waals surface area contributed by atoms with E-state index in [4.69, 9.17) is 0 Å². The van der Waals surface area contributed by atoms with Crippen LogP contribution in [0, 0.1) is 5.82 Å². The maximum Gasteiger partial charge on any atom is 0.261 e. The number of hydrogen-bond donors (Lipinski definition) is 0. The number of benzene rings is 2. The van der Waals surface area contributed by atoms with Gasteiger partial charge in [-0.3, -0.25) is 14.2 Å². The maximum absolute atomic E-state index is 13.3. The molecule has 6 heteroatoms. The number of para-hydroxylation sites is 1. The van der Waals surface area contributed by atoms with Crippen LogP contribution < -0.4 is 5.56 Å². The van der Waals surface area contributed by atoms with Gasteiger partial charge in [0.2, 0.25) is 5.91 Å². The Morgan fingerprint density at radius 2 is 1.80 bits per heavy atom.